The maximum absolute atomic E-state index is 12.2. The van der Waals surface area contributed by atoms with Gasteiger partial charge in [-0.25, -0.2) is 0 Å². The maximum Gasteiger partial charge on any atom is 0.227 e. The average molecular weight is 228 g/mol. The van der Waals surface area contributed by atoms with E-state index in [1.807, 2.05) is 18.7 Å². The molecule has 1 heterocycles. The lowest BCUT2D eigenvalue weighted by Crippen LogP contribution is -2.46. The molecule has 4 nitrogen and oxygen atoms in total. The fraction of sp³-hybridized carbons (Fsp3) is 0.917. The normalized spacial score (nSPS) is 21.1. The monoisotopic (exact) mass is 228 g/mol. The summed E-state index contributed by atoms with van der Waals surface area (Å²) in [6.07, 6.45) is 2.75. The third-order valence-electron chi connectivity index (χ3n) is 3.11. The molecule has 0 bridgehead atoms. The van der Waals surface area contributed by atoms with Crippen LogP contribution in [0.15, 0.2) is 0 Å². The Hall–Kier alpha value is -0.610. The topological polar surface area (TPSA) is 52.6 Å². The molecule has 16 heavy (non-hydrogen) atoms. The number of hydrogen-bond acceptors (Lipinski definition) is 3. The predicted molar refractivity (Wildman–Crippen MR) is 64.1 cm³/mol. The van der Waals surface area contributed by atoms with Crippen LogP contribution in [0.1, 0.15) is 33.1 Å². The number of nitrogens with one attached hydrogen (secondary N) is 1. The Morgan fingerprint density at radius 2 is 2.31 bits per heavy atom. The predicted octanol–water partition coefficient (Wildman–Crippen LogP) is 0.605. The molecular weight excluding hydrogens is 204 g/mol. The number of aliphatic hydroxyl groups excluding tert-OH is 1. The second-order valence-electron chi connectivity index (χ2n) is 4.75. The molecule has 0 aromatic heterocycles. The summed E-state index contributed by atoms with van der Waals surface area (Å²) in [5, 5.41) is 12.1. The van der Waals surface area contributed by atoms with E-state index < -0.39 is 0 Å². The Bertz CT molecular complexity index is 213. The number of carbonyl (C=O) groups is 1. The van der Waals surface area contributed by atoms with Crippen LogP contribution in [-0.4, -0.2) is 48.2 Å². The van der Waals surface area contributed by atoms with E-state index in [2.05, 4.69) is 5.32 Å². The van der Waals surface area contributed by atoms with Gasteiger partial charge in [-0.05, 0) is 39.7 Å². The molecular formula is C12H24N2O2. The van der Waals surface area contributed by atoms with Gasteiger partial charge in [0.1, 0.15) is 0 Å². The highest BCUT2D eigenvalue weighted by atomic mass is 16.3. The van der Waals surface area contributed by atoms with Gasteiger partial charge in [-0.15, -0.1) is 0 Å². The fourth-order valence-corrected chi connectivity index (χ4v) is 2.16. The molecule has 0 aromatic carbocycles. The standard InChI is InChI=1S/C12H24N2O2/c1-10(2)14(7-4-8-15)12(16)11-5-3-6-13-9-11/h10-11,13,15H,3-9H2,1-2H3/t11-/m0/s1. The third-order valence-corrected chi connectivity index (χ3v) is 3.11. The summed E-state index contributed by atoms with van der Waals surface area (Å²) < 4.78 is 0. The lowest BCUT2D eigenvalue weighted by atomic mass is 9.97. The van der Waals surface area contributed by atoms with Crippen LogP contribution in [0.2, 0.25) is 0 Å². The van der Waals surface area contributed by atoms with Crippen molar-refractivity contribution in [2.45, 2.75) is 39.2 Å². The summed E-state index contributed by atoms with van der Waals surface area (Å²) in [5.41, 5.74) is 0. The number of piperidine rings is 1. The molecule has 2 N–H and O–H groups in total. The van der Waals surface area contributed by atoms with Crippen molar-refractivity contribution < 1.29 is 9.90 Å². The minimum atomic E-state index is 0.134. The van der Waals surface area contributed by atoms with Crippen molar-refractivity contribution in [1.82, 2.24) is 10.2 Å². The lowest BCUT2D eigenvalue weighted by molar-refractivity contribution is -0.138. The molecule has 0 saturated carbocycles. The van der Waals surface area contributed by atoms with Gasteiger partial charge in [0, 0.05) is 25.7 Å². The summed E-state index contributed by atoms with van der Waals surface area (Å²) >= 11 is 0. The zero-order chi connectivity index (χ0) is 12.0. The van der Waals surface area contributed by atoms with Crippen molar-refractivity contribution in [2.24, 2.45) is 5.92 Å². The van der Waals surface area contributed by atoms with Crippen molar-refractivity contribution in [2.75, 3.05) is 26.2 Å². The minimum absolute atomic E-state index is 0.134. The highest BCUT2D eigenvalue weighted by molar-refractivity contribution is 5.79. The number of rotatable bonds is 5. The van der Waals surface area contributed by atoms with Crippen LogP contribution in [0.4, 0.5) is 0 Å². The number of nitrogens with zero attached hydrogens (tertiary/aromatic N) is 1. The first kappa shape index (κ1) is 13.5. The first-order chi connectivity index (χ1) is 7.66. The molecule has 0 radical (unpaired) electrons. The smallest absolute Gasteiger partial charge is 0.227 e. The third kappa shape index (κ3) is 3.76. The first-order valence-corrected chi connectivity index (χ1v) is 6.29. The number of amides is 1. The van der Waals surface area contributed by atoms with Gasteiger partial charge in [-0.2, -0.15) is 0 Å². The van der Waals surface area contributed by atoms with Gasteiger partial charge in [0.15, 0.2) is 0 Å². The highest BCUT2D eigenvalue weighted by Crippen LogP contribution is 2.15. The summed E-state index contributed by atoms with van der Waals surface area (Å²) in [5.74, 6) is 0.380. The number of aliphatic hydroxyl groups is 1. The van der Waals surface area contributed by atoms with Gasteiger partial charge in [-0.3, -0.25) is 4.79 Å². The minimum Gasteiger partial charge on any atom is -0.396 e. The zero-order valence-electron chi connectivity index (χ0n) is 10.4. The van der Waals surface area contributed by atoms with Crippen LogP contribution >= 0.6 is 0 Å². The van der Waals surface area contributed by atoms with Crippen LogP contribution in [0.5, 0.6) is 0 Å². The quantitative estimate of drug-likeness (QED) is 0.725. The summed E-state index contributed by atoms with van der Waals surface area (Å²) in [6, 6.07) is 0.223. The van der Waals surface area contributed by atoms with E-state index >= 15 is 0 Å². The maximum atomic E-state index is 12.2. The second kappa shape index (κ2) is 6.86. The van der Waals surface area contributed by atoms with Crippen molar-refractivity contribution in [1.29, 1.82) is 0 Å². The summed E-state index contributed by atoms with van der Waals surface area (Å²) in [4.78, 5) is 14.1. The van der Waals surface area contributed by atoms with Crippen molar-refractivity contribution in [3.63, 3.8) is 0 Å². The van der Waals surface area contributed by atoms with E-state index in [9.17, 15) is 4.79 Å². The van der Waals surface area contributed by atoms with Crippen molar-refractivity contribution in [3.05, 3.63) is 0 Å². The number of carbonyl (C=O) groups excluding carboxylic acids is 1. The molecule has 1 aliphatic rings. The molecule has 4 heteroatoms. The fourth-order valence-electron chi connectivity index (χ4n) is 2.16. The molecule has 1 atom stereocenters. The van der Waals surface area contributed by atoms with Gasteiger partial charge in [0.05, 0.1) is 5.92 Å². The van der Waals surface area contributed by atoms with E-state index in [4.69, 9.17) is 5.11 Å². The molecule has 1 aliphatic heterocycles. The Morgan fingerprint density at radius 1 is 1.56 bits per heavy atom. The molecule has 1 saturated heterocycles. The van der Waals surface area contributed by atoms with Crippen LogP contribution < -0.4 is 5.32 Å². The van der Waals surface area contributed by atoms with Gasteiger partial charge in [-0.1, -0.05) is 0 Å². The average Bonchev–Trinajstić information content (AvgIpc) is 2.30. The molecule has 1 fully saturated rings. The first-order valence-electron chi connectivity index (χ1n) is 6.29. The molecule has 1 rings (SSSR count). The molecule has 0 aromatic rings. The van der Waals surface area contributed by atoms with Crippen molar-refractivity contribution in [3.8, 4) is 0 Å². The molecule has 0 aliphatic carbocycles. The Balaban J connectivity index is 2.51. The second-order valence-corrected chi connectivity index (χ2v) is 4.75. The van der Waals surface area contributed by atoms with Gasteiger partial charge >= 0.3 is 0 Å². The summed E-state index contributed by atoms with van der Waals surface area (Å²) in [7, 11) is 0. The van der Waals surface area contributed by atoms with E-state index in [1.165, 1.54) is 0 Å². The van der Waals surface area contributed by atoms with Crippen LogP contribution in [0.3, 0.4) is 0 Å². The molecule has 94 valence electrons. The Labute approximate surface area is 98.0 Å². The van der Waals surface area contributed by atoms with Gasteiger partial charge in [0.2, 0.25) is 5.91 Å². The van der Waals surface area contributed by atoms with Gasteiger partial charge in [0.25, 0.3) is 0 Å². The van der Waals surface area contributed by atoms with Gasteiger partial charge < -0.3 is 15.3 Å². The van der Waals surface area contributed by atoms with E-state index in [1.54, 1.807) is 0 Å². The van der Waals surface area contributed by atoms with E-state index in [0.717, 1.165) is 25.9 Å². The van der Waals surface area contributed by atoms with E-state index in [-0.39, 0.29) is 24.5 Å². The van der Waals surface area contributed by atoms with Crippen LogP contribution in [0.25, 0.3) is 0 Å². The zero-order valence-corrected chi connectivity index (χ0v) is 10.4. The molecule has 0 spiro atoms. The molecule has 0 unspecified atom stereocenters. The molecule has 1 amide bonds. The van der Waals surface area contributed by atoms with Crippen LogP contribution in [-0.2, 0) is 4.79 Å². The van der Waals surface area contributed by atoms with Crippen LogP contribution in [0, 0.1) is 5.92 Å². The Kier molecular flexibility index (Phi) is 5.77. The SMILES string of the molecule is CC(C)N(CCCO)C(=O)[C@H]1CCCNC1. The summed E-state index contributed by atoms with van der Waals surface area (Å²) in [6.45, 7) is 6.73. The largest absolute Gasteiger partial charge is 0.396 e. The van der Waals surface area contributed by atoms with Crippen molar-refractivity contribution >= 4 is 5.91 Å². The Morgan fingerprint density at radius 3 is 2.81 bits per heavy atom. The number of hydrogen-bond donors (Lipinski definition) is 2. The van der Waals surface area contributed by atoms with E-state index in [0.29, 0.717) is 13.0 Å². The highest BCUT2D eigenvalue weighted by Gasteiger charge is 2.26. The lowest BCUT2D eigenvalue weighted by Gasteiger charge is -2.32.